The summed E-state index contributed by atoms with van der Waals surface area (Å²) < 4.78 is 41.3. The molecule has 2 aliphatic heterocycles. The predicted octanol–water partition coefficient (Wildman–Crippen LogP) is 10.8. The van der Waals surface area contributed by atoms with E-state index in [1.165, 1.54) is 53.7 Å². The molecular formula is C52H71N7O5S. The minimum absolute atomic E-state index is 0.0728. The number of nitrogens with one attached hydrogen (secondary N) is 3. The van der Waals surface area contributed by atoms with Gasteiger partial charge in [-0.1, -0.05) is 89.8 Å². The second kappa shape index (κ2) is 22.7. The highest BCUT2D eigenvalue weighted by molar-refractivity contribution is 7.90. The number of aromatic amines is 1. The number of pyridine rings is 1. The Balaban J connectivity index is 0.00000111. The highest BCUT2D eigenvalue weighted by Crippen LogP contribution is 2.43. The SMILES string of the molecule is CC.CCCC.Cc1ccc(C2=C(CN3CCN(c4ccc(C(=O)NS(=O)(=O)c5ccc(NCC6CCOCC6)c(N)c5)c(Oc5cnc6[nH]ccc6c5)c4)CC3)CCC(C)(C)C2)cc1. The van der Waals surface area contributed by atoms with Crippen LogP contribution in [0.15, 0.2) is 95.7 Å². The largest absolute Gasteiger partial charge is 0.455 e. The molecule has 0 spiro atoms. The predicted molar refractivity (Wildman–Crippen MR) is 266 cm³/mol. The number of fused-ring (bicyclic) bond motifs is 1. The number of allylic oxidation sites excluding steroid dienone is 1. The van der Waals surface area contributed by atoms with Crippen molar-refractivity contribution in [3.05, 3.63) is 107 Å². The molecule has 0 bridgehead atoms. The van der Waals surface area contributed by atoms with Crippen LogP contribution in [0.3, 0.4) is 0 Å². The van der Waals surface area contributed by atoms with Gasteiger partial charge in [0.1, 0.15) is 17.1 Å². The summed E-state index contributed by atoms with van der Waals surface area (Å²) in [5, 5.41) is 4.18. The Morgan fingerprint density at radius 2 is 1.68 bits per heavy atom. The van der Waals surface area contributed by atoms with Crippen LogP contribution >= 0.6 is 0 Å². The Labute approximate surface area is 387 Å². The van der Waals surface area contributed by atoms with Crippen LogP contribution in [0.5, 0.6) is 11.5 Å². The van der Waals surface area contributed by atoms with Gasteiger partial charge in [-0.2, -0.15) is 0 Å². The molecule has 4 heterocycles. The van der Waals surface area contributed by atoms with Crippen molar-refractivity contribution in [3.8, 4) is 11.5 Å². The van der Waals surface area contributed by atoms with Crippen LogP contribution in [0.1, 0.15) is 108 Å². The fourth-order valence-corrected chi connectivity index (χ4v) is 9.39. The molecule has 1 aliphatic carbocycles. The Morgan fingerprint density at radius 3 is 2.37 bits per heavy atom. The number of piperazine rings is 1. The Hall–Kier alpha value is -5.37. The Kier molecular flexibility index (Phi) is 17.1. The van der Waals surface area contributed by atoms with Crippen LogP contribution in [0, 0.1) is 18.3 Å². The summed E-state index contributed by atoms with van der Waals surface area (Å²) in [6, 6.07) is 22.4. The number of carbonyl (C=O) groups is 1. The number of anilines is 3. The molecule has 0 atom stereocenters. The Bertz CT molecular complexity index is 2480. The van der Waals surface area contributed by atoms with Gasteiger partial charge < -0.3 is 30.4 Å². The molecule has 1 amide bonds. The summed E-state index contributed by atoms with van der Waals surface area (Å²) in [7, 11) is -4.29. The average molecular weight is 906 g/mol. The van der Waals surface area contributed by atoms with E-state index in [0.29, 0.717) is 29.5 Å². The van der Waals surface area contributed by atoms with Crippen molar-refractivity contribution in [1.82, 2.24) is 19.6 Å². The van der Waals surface area contributed by atoms with Crippen molar-refractivity contribution < 1.29 is 22.7 Å². The molecule has 350 valence electrons. The van der Waals surface area contributed by atoms with E-state index < -0.39 is 15.9 Å². The zero-order chi connectivity index (χ0) is 46.6. The van der Waals surface area contributed by atoms with Gasteiger partial charge in [-0.25, -0.2) is 18.1 Å². The van der Waals surface area contributed by atoms with Crippen LogP contribution in [0.25, 0.3) is 16.6 Å². The molecule has 3 aromatic carbocycles. The fourth-order valence-electron chi connectivity index (χ4n) is 8.39. The smallest absolute Gasteiger partial charge is 0.268 e. The van der Waals surface area contributed by atoms with Gasteiger partial charge in [0.2, 0.25) is 0 Å². The lowest BCUT2D eigenvalue weighted by molar-refractivity contribution is 0.0699. The van der Waals surface area contributed by atoms with Gasteiger partial charge in [0.25, 0.3) is 15.9 Å². The number of aromatic nitrogens is 2. The lowest BCUT2D eigenvalue weighted by Crippen LogP contribution is -2.47. The Morgan fingerprint density at radius 1 is 0.954 bits per heavy atom. The maximum absolute atomic E-state index is 13.9. The third-order valence-corrected chi connectivity index (χ3v) is 13.9. The molecule has 3 aliphatic rings. The van der Waals surface area contributed by atoms with Crippen molar-refractivity contribution >= 4 is 49.6 Å². The number of unbranched alkanes of at least 4 members (excludes halogenated alkanes) is 1. The topological polar surface area (TPSA) is 155 Å². The van der Waals surface area contributed by atoms with Gasteiger partial charge in [0.05, 0.1) is 28.0 Å². The molecule has 5 N–H and O–H groups in total. The monoisotopic (exact) mass is 906 g/mol. The third kappa shape index (κ3) is 13.1. The van der Waals surface area contributed by atoms with Crippen molar-refractivity contribution in [2.45, 2.75) is 98.3 Å². The lowest BCUT2D eigenvalue weighted by atomic mass is 9.72. The summed E-state index contributed by atoms with van der Waals surface area (Å²) in [5.74, 6) is 0.273. The second-order valence-electron chi connectivity index (χ2n) is 18.0. The summed E-state index contributed by atoms with van der Waals surface area (Å²) in [6.45, 7) is 21.7. The molecule has 0 saturated carbocycles. The fraction of sp³-hybridized carbons (Fsp3) is 0.462. The van der Waals surface area contributed by atoms with Gasteiger partial charge in [-0.05, 0) is 104 Å². The number of amides is 1. The quantitative estimate of drug-likeness (QED) is 0.0839. The highest BCUT2D eigenvalue weighted by atomic mass is 32.2. The molecular weight excluding hydrogens is 835 g/mol. The number of rotatable bonds is 13. The van der Waals surface area contributed by atoms with E-state index >= 15 is 0 Å². The maximum atomic E-state index is 13.9. The zero-order valence-corrected chi connectivity index (χ0v) is 40.5. The van der Waals surface area contributed by atoms with Crippen LogP contribution in [0.2, 0.25) is 0 Å². The number of hydrogen-bond donors (Lipinski definition) is 4. The van der Waals surface area contributed by atoms with Crippen LogP contribution in [0.4, 0.5) is 17.1 Å². The van der Waals surface area contributed by atoms with Gasteiger partial charge in [0.15, 0.2) is 0 Å². The lowest BCUT2D eigenvalue weighted by Gasteiger charge is -2.39. The van der Waals surface area contributed by atoms with E-state index in [9.17, 15) is 13.2 Å². The molecule has 65 heavy (non-hydrogen) atoms. The first-order valence-corrected chi connectivity index (χ1v) is 25.1. The molecule has 2 fully saturated rings. The minimum Gasteiger partial charge on any atom is -0.455 e. The van der Waals surface area contributed by atoms with Gasteiger partial charge in [-0.15, -0.1) is 0 Å². The first-order valence-electron chi connectivity index (χ1n) is 23.6. The third-order valence-electron chi connectivity index (χ3n) is 12.5. The minimum atomic E-state index is -4.29. The number of nitrogen functional groups attached to an aromatic ring is 1. The summed E-state index contributed by atoms with van der Waals surface area (Å²) in [5.41, 5.74) is 14.8. The standard InChI is InChI=1S/C46H55N7O5S.C4H10.C2H6/c1-31-4-6-33(7-5-31)40-27-46(2,3)16-12-35(40)30-52-18-20-53(21-19-52)36-8-10-39(43(25-36)58-37-24-34-13-17-48-44(34)50-29-37)45(54)51-59(55,56)38-9-11-42(41(47)26-38)49-28-32-14-22-57-23-15-32;1-3-4-2;1-2/h4-11,13,17,24-26,29,32,49H,12,14-16,18-23,27-28,30,47H2,1-3H3,(H,48,50)(H,51,54);3-4H2,1-2H3;1-2H3. The first-order chi connectivity index (χ1) is 31.3. The van der Waals surface area contributed by atoms with E-state index in [1.54, 1.807) is 24.5 Å². The molecule has 13 heteroatoms. The number of H-pyrrole nitrogens is 1. The molecule has 2 aromatic heterocycles. The first kappa shape index (κ1) is 49.1. The summed E-state index contributed by atoms with van der Waals surface area (Å²) >= 11 is 0. The van der Waals surface area contributed by atoms with E-state index in [0.717, 1.165) is 82.7 Å². The number of carbonyl (C=O) groups excluding carboxylic acids is 1. The molecule has 0 radical (unpaired) electrons. The second-order valence-corrected chi connectivity index (χ2v) is 19.7. The van der Waals surface area contributed by atoms with Crippen molar-refractivity contribution in [2.75, 3.05) is 68.4 Å². The molecule has 5 aromatic rings. The number of nitrogens with two attached hydrogens (primary N) is 1. The highest BCUT2D eigenvalue weighted by Gasteiger charge is 2.30. The number of hydrogen-bond acceptors (Lipinski definition) is 10. The van der Waals surface area contributed by atoms with Gasteiger partial charge in [-0.3, -0.25) is 9.69 Å². The molecule has 0 unspecified atom stereocenters. The maximum Gasteiger partial charge on any atom is 0.268 e. The number of nitrogens with zero attached hydrogens (tertiary/aromatic N) is 3. The number of benzene rings is 3. The molecule has 2 saturated heterocycles. The number of aryl methyl sites for hydroxylation is 1. The number of sulfonamides is 1. The van der Waals surface area contributed by atoms with E-state index in [1.807, 2.05) is 38.1 Å². The number of ether oxygens (including phenoxy) is 2. The van der Waals surface area contributed by atoms with E-state index in [4.69, 9.17) is 15.2 Å². The van der Waals surface area contributed by atoms with Crippen molar-refractivity contribution in [3.63, 3.8) is 0 Å². The van der Waals surface area contributed by atoms with E-state index in [2.05, 4.69) is 88.7 Å². The summed E-state index contributed by atoms with van der Waals surface area (Å²) in [6.07, 6.45) is 11.3. The molecule has 8 rings (SSSR count). The zero-order valence-electron chi connectivity index (χ0n) is 39.6. The van der Waals surface area contributed by atoms with Gasteiger partial charge >= 0.3 is 0 Å². The summed E-state index contributed by atoms with van der Waals surface area (Å²) in [4.78, 5) is 26.1. The van der Waals surface area contributed by atoms with Crippen molar-refractivity contribution in [1.29, 1.82) is 0 Å². The average Bonchev–Trinajstić information content (AvgIpc) is 3.79. The van der Waals surface area contributed by atoms with E-state index in [-0.39, 0.29) is 27.3 Å². The van der Waals surface area contributed by atoms with Crippen molar-refractivity contribution in [2.24, 2.45) is 11.3 Å². The van der Waals surface area contributed by atoms with Crippen LogP contribution < -0.4 is 25.4 Å². The normalized spacial score (nSPS) is 16.8. The van der Waals surface area contributed by atoms with Crippen LogP contribution in [-0.4, -0.2) is 81.7 Å². The van der Waals surface area contributed by atoms with Crippen LogP contribution in [-0.2, 0) is 14.8 Å². The van der Waals surface area contributed by atoms with Gasteiger partial charge in [0, 0.05) is 75.8 Å². The molecule has 12 nitrogen and oxygen atoms in total.